The molecule has 1 aromatic carbocycles. The fourth-order valence-corrected chi connectivity index (χ4v) is 2.43. The molecule has 2 heteroatoms. The maximum Gasteiger partial charge on any atom is 0.115 e. The second kappa shape index (κ2) is 4.23. The van der Waals surface area contributed by atoms with Gasteiger partial charge < -0.3 is 10.0 Å². The molecule has 15 heavy (non-hydrogen) atoms. The Kier molecular flexibility index (Phi) is 2.96. The molecule has 0 amide bonds. The van der Waals surface area contributed by atoms with Crippen molar-refractivity contribution in [2.24, 2.45) is 5.92 Å². The Morgan fingerprint density at radius 1 is 1.33 bits per heavy atom. The van der Waals surface area contributed by atoms with Crippen LogP contribution in [0.3, 0.4) is 0 Å². The van der Waals surface area contributed by atoms with E-state index in [4.69, 9.17) is 0 Å². The molecule has 1 fully saturated rings. The van der Waals surface area contributed by atoms with Crippen molar-refractivity contribution in [2.75, 3.05) is 20.1 Å². The Hall–Kier alpha value is -1.02. The van der Waals surface area contributed by atoms with Gasteiger partial charge in [-0.2, -0.15) is 0 Å². The van der Waals surface area contributed by atoms with Gasteiger partial charge in [-0.15, -0.1) is 0 Å². The summed E-state index contributed by atoms with van der Waals surface area (Å²) in [4.78, 5) is 2.39. The Labute approximate surface area is 91.5 Å². The predicted octanol–water partition coefficient (Wildman–Crippen LogP) is 2.45. The number of hydrogen-bond donors (Lipinski definition) is 1. The predicted molar refractivity (Wildman–Crippen MR) is 62.1 cm³/mol. The summed E-state index contributed by atoms with van der Waals surface area (Å²) in [5.41, 5.74) is 1.34. The molecular weight excluding hydrogens is 186 g/mol. The van der Waals surface area contributed by atoms with E-state index in [1.165, 1.54) is 25.1 Å². The average molecular weight is 205 g/mol. The topological polar surface area (TPSA) is 23.5 Å². The van der Waals surface area contributed by atoms with Gasteiger partial charge in [-0.05, 0) is 49.5 Å². The van der Waals surface area contributed by atoms with Crippen LogP contribution in [0.1, 0.15) is 24.8 Å². The summed E-state index contributed by atoms with van der Waals surface area (Å²) in [5.74, 6) is 1.71. The number of phenols is 1. The molecule has 2 nitrogen and oxygen atoms in total. The lowest BCUT2D eigenvalue weighted by Gasteiger charge is -2.19. The molecule has 0 radical (unpaired) electrons. The van der Waals surface area contributed by atoms with Gasteiger partial charge in [0.2, 0.25) is 0 Å². The minimum Gasteiger partial charge on any atom is -0.508 e. The Balaban J connectivity index is 2.07. The van der Waals surface area contributed by atoms with Gasteiger partial charge in [-0.25, -0.2) is 0 Å². The number of aromatic hydroxyl groups is 1. The van der Waals surface area contributed by atoms with Crippen LogP contribution >= 0.6 is 0 Å². The van der Waals surface area contributed by atoms with Gasteiger partial charge in [0, 0.05) is 6.54 Å². The molecule has 1 heterocycles. The summed E-state index contributed by atoms with van der Waals surface area (Å²) in [6, 6.07) is 7.64. The number of likely N-dealkylation sites (tertiary alicyclic amines) is 1. The van der Waals surface area contributed by atoms with Gasteiger partial charge in [-0.1, -0.05) is 19.1 Å². The van der Waals surface area contributed by atoms with Crippen molar-refractivity contribution in [1.29, 1.82) is 0 Å². The summed E-state index contributed by atoms with van der Waals surface area (Å²) >= 11 is 0. The van der Waals surface area contributed by atoms with E-state index in [0.29, 0.717) is 11.7 Å². The number of phenolic OH excluding ortho intramolecular Hbond substituents is 1. The van der Waals surface area contributed by atoms with E-state index in [9.17, 15) is 5.11 Å². The molecule has 1 N–H and O–H groups in total. The first-order valence-corrected chi connectivity index (χ1v) is 5.64. The highest BCUT2D eigenvalue weighted by Gasteiger charge is 2.25. The second-order valence-corrected chi connectivity index (χ2v) is 4.69. The molecule has 82 valence electrons. The number of nitrogens with zero attached hydrogens (tertiary/aromatic N) is 1. The summed E-state index contributed by atoms with van der Waals surface area (Å²) < 4.78 is 0. The zero-order chi connectivity index (χ0) is 10.8. The van der Waals surface area contributed by atoms with Crippen LogP contribution in [0.5, 0.6) is 5.75 Å². The van der Waals surface area contributed by atoms with Crippen LogP contribution < -0.4 is 0 Å². The lowest BCUT2D eigenvalue weighted by molar-refractivity contribution is 0.377. The van der Waals surface area contributed by atoms with Crippen molar-refractivity contribution < 1.29 is 5.11 Å². The average Bonchev–Trinajstić information content (AvgIpc) is 2.65. The van der Waals surface area contributed by atoms with E-state index in [1.807, 2.05) is 12.1 Å². The molecule has 0 bridgehead atoms. The lowest BCUT2D eigenvalue weighted by atomic mass is 9.87. The fraction of sp³-hybridized carbons (Fsp3) is 0.538. The Morgan fingerprint density at radius 3 is 2.53 bits per heavy atom. The normalized spacial score (nSPS) is 24.3. The van der Waals surface area contributed by atoms with Crippen LogP contribution in [0.15, 0.2) is 24.3 Å². The fourth-order valence-electron chi connectivity index (χ4n) is 2.43. The molecule has 2 unspecified atom stereocenters. The van der Waals surface area contributed by atoms with Gasteiger partial charge in [0.25, 0.3) is 0 Å². The van der Waals surface area contributed by atoms with Crippen LogP contribution in [-0.4, -0.2) is 30.1 Å². The molecule has 1 saturated heterocycles. The minimum absolute atomic E-state index is 0.356. The van der Waals surface area contributed by atoms with E-state index in [1.54, 1.807) is 12.1 Å². The zero-order valence-electron chi connectivity index (χ0n) is 9.48. The van der Waals surface area contributed by atoms with Gasteiger partial charge >= 0.3 is 0 Å². The third-order valence-electron chi connectivity index (χ3n) is 3.55. The number of hydrogen-bond acceptors (Lipinski definition) is 2. The first-order valence-electron chi connectivity index (χ1n) is 5.64. The van der Waals surface area contributed by atoms with Gasteiger partial charge in [0.1, 0.15) is 5.75 Å². The van der Waals surface area contributed by atoms with Crippen molar-refractivity contribution in [3.05, 3.63) is 29.8 Å². The minimum atomic E-state index is 0.356. The number of benzene rings is 1. The van der Waals surface area contributed by atoms with Crippen molar-refractivity contribution in [2.45, 2.75) is 19.3 Å². The maximum atomic E-state index is 9.24. The Morgan fingerprint density at radius 2 is 2.00 bits per heavy atom. The van der Waals surface area contributed by atoms with Crippen LogP contribution in [-0.2, 0) is 0 Å². The lowest BCUT2D eigenvalue weighted by Crippen LogP contribution is -2.17. The molecule has 0 aromatic heterocycles. The second-order valence-electron chi connectivity index (χ2n) is 4.69. The summed E-state index contributed by atoms with van der Waals surface area (Å²) in [5, 5.41) is 9.24. The highest BCUT2D eigenvalue weighted by molar-refractivity contribution is 5.28. The highest BCUT2D eigenvalue weighted by atomic mass is 16.3. The van der Waals surface area contributed by atoms with E-state index >= 15 is 0 Å². The highest BCUT2D eigenvalue weighted by Crippen LogP contribution is 2.31. The third-order valence-corrected chi connectivity index (χ3v) is 3.55. The van der Waals surface area contributed by atoms with Crippen molar-refractivity contribution >= 4 is 0 Å². The SMILES string of the molecule is CC(c1ccc(O)cc1)C1CCN(C)C1. The summed E-state index contributed by atoms with van der Waals surface area (Å²) in [6.07, 6.45) is 1.29. The number of rotatable bonds is 2. The Bertz CT molecular complexity index is 320. The molecule has 2 atom stereocenters. The van der Waals surface area contributed by atoms with Crippen molar-refractivity contribution in [3.8, 4) is 5.75 Å². The van der Waals surface area contributed by atoms with Gasteiger partial charge in [0.05, 0.1) is 0 Å². The maximum absolute atomic E-state index is 9.24. The molecule has 1 aliphatic rings. The van der Waals surface area contributed by atoms with Gasteiger partial charge in [-0.3, -0.25) is 0 Å². The van der Waals surface area contributed by atoms with Crippen LogP contribution in [0.4, 0.5) is 0 Å². The monoisotopic (exact) mass is 205 g/mol. The molecule has 2 rings (SSSR count). The van der Waals surface area contributed by atoms with Crippen LogP contribution in [0.2, 0.25) is 0 Å². The molecular formula is C13H19NO. The van der Waals surface area contributed by atoms with Crippen molar-refractivity contribution in [1.82, 2.24) is 4.90 Å². The molecule has 1 aromatic rings. The standard InChI is InChI=1S/C13H19NO/c1-10(12-7-8-14(2)9-12)11-3-5-13(15)6-4-11/h3-6,10,12,15H,7-9H2,1-2H3. The smallest absolute Gasteiger partial charge is 0.115 e. The molecule has 0 spiro atoms. The third kappa shape index (κ3) is 2.32. The quantitative estimate of drug-likeness (QED) is 0.801. The first kappa shape index (κ1) is 10.5. The van der Waals surface area contributed by atoms with Crippen molar-refractivity contribution in [3.63, 3.8) is 0 Å². The van der Waals surface area contributed by atoms with E-state index < -0.39 is 0 Å². The zero-order valence-corrected chi connectivity index (χ0v) is 9.48. The van der Waals surface area contributed by atoms with E-state index in [2.05, 4.69) is 18.9 Å². The summed E-state index contributed by atoms with van der Waals surface area (Å²) in [7, 11) is 2.18. The molecule has 1 aliphatic heterocycles. The first-order chi connectivity index (χ1) is 7.16. The molecule has 0 saturated carbocycles. The summed E-state index contributed by atoms with van der Waals surface area (Å²) in [6.45, 7) is 4.70. The van der Waals surface area contributed by atoms with Crippen LogP contribution in [0.25, 0.3) is 0 Å². The largest absolute Gasteiger partial charge is 0.508 e. The van der Waals surface area contributed by atoms with E-state index in [-0.39, 0.29) is 0 Å². The van der Waals surface area contributed by atoms with Crippen LogP contribution in [0, 0.1) is 5.92 Å². The van der Waals surface area contributed by atoms with E-state index in [0.717, 1.165) is 5.92 Å². The molecule has 0 aliphatic carbocycles. The van der Waals surface area contributed by atoms with Gasteiger partial charge in [0.15, 0.2) is 0 Å².